The molecule has 27 heavy (non-hydrogen) atoms. The van der Waals surface area contributed by atoms with Crippen molar-refractivity contribution in [2.75, 3.05) is 0 Å². The number of Topliss-reactive ketones (excluding diaryl/α,β-unsaturated/α-hetero) is 2. The highest BCUT2D eigenvalue weighted by molar-refractivity contribution is 6.30. The largest absolute Gasteiger partial charge is 0.416 e. The van der Waals surface area contributed by atoms with Gasteiger partial charge in [-0.3, -0.25) is 9.59 Å². The molecular formula is C21H16ClF3O2. The molecule has 0 aromatic heterocycles. The number of hydrogen-bond donors (Lipinski definition) is 0. The first kappa shape index (κ1) is 19.4. The van der Waals surface area contributed by atoms with Crippen LogP contribution in [0.2, 0.25) is 5.02 Å². The Kier molecular flexibility index (Phi) is 5.24. The number of rotatable bonds is 2. The summed E-state index contributed by atoms with van der Waals surface area (Å²) in [5, 5.41) is 0.540. The third-order valence-electron chi connectivity index (χ3n) is 4.54. The van der Waals surface area contributed by atoms with Gasteiger partial charge in [-0.2, -0.15) is 13.2 Å². The zero-order valence-electron chi connectivity index (χ0n) is 14.4. The Balaban J connectivity index is 1.87. The van der Waals surface area contributed by atoms with Gasteiger partial charge in [0.2, 0.25) is 0 Å². The number of alkyl halides is 3. The quantitative estimate of drug-likeness (QED) is 0.480. The van der Waals surface area contributed by atoms with E-state index in [0.717, 1.165) is 12.1 Å². The molecule has 0 radical (unpaired) electrons. The van der Waals surface area contributed by atoms with Crippen LogP contribution in [-0.2, 0) is 15.8 Å². The number of hydrogen-bond acceptors (Lipinski definition) is 2. The van der Waals surface area contributed by atoms with Crippen LogP contribution in [0.15, 0.2) is 48.0 Å². The van der Waals surface area contributed by atoms with Gasteiger partial charge < -0.3 is 0 Å². The lowest BCUT2D eigenvalue weighted by Gasteiger charge is -2.23. The number of halogens is 4. The predicted octanol–water partition coefficient (Wildman–Crippen LogP) is 5.77. The number of ketones is 2. The molecule has 3 rings (SSSR count). The van der Waals surface area contributed by atoms with Crippen molar-refractivity contribution in [3.05, 3.63) is 75.3 Å². The van der Waals surface area contributed by atoms with Crippen molar-refractivity contribution in [1.29, 1.82) is 0 Å². The minimum atomic E-state index is -4.47. The van der Waals surface area contributed by atoms with E-state index in [1.807, 2.05) is 0 Å². The zero-order valence-corrected chi connectivity index (χ0v) is 15.2. The average molecular weight is 393 g/mol. The van der Waals surface area contributed by atoms with E-state index in [2.05, 4.69) is 0 Å². The van der Waals surface area contributed by atoms with Gasteiger partial charge in [-0.15, -0.1) is 0 Å². The normalized spacial score (nSPS) is 18.0. The maximum atomic E-state index is 13.0. The molecule has 1 fully saturated rings. The fourth-order valence-corrected chi connectivity index (χ4v) is 3.36. The van der Waals surface area contributed by atoms with Gasteiger partial charge in [0.15, 0.2) is 11.6 Å². The highest BCUT2D eigenvalue weighted by Gasteiger charge is 2.34. The smallest absolute Gasteiger partial charge is 0.294 e. The minimum absolute atomic E-state index is 0.00587. The molecule has 2 aromatic rings. The first-order chi connectivity index (χ1) is 12.6. The highest BCUT2D eigenvalue weighted by Crippen LogP contribution is 2.37. The summed E-state index contributed by atoms with van der Waals surface area (Å²) in [5.41, 5.74) is 0.804. The monoisotopic (exact) mass is 392 g/mol. The molecule has 2 nitrogen and oxygen atoms in total. The van der Waals surface area contributed by atoms with Gasteiger partial charge in [-0.05, 0) is 54.3 Å². The van der Waals surface area contributed by atoms with Gasteiger partial charge in [-0.1, -0.05) is 35.4 Å². The molecule has 1 aliphatic rings. The molecule has 0 N–H and O–H groups in total. The maximum Gasteiger partial charge on any atom is 0.416 e. The summed E-state index contributed by atoms with van der Waals surface area (Å²) in [4.78, 5) is 25.0. The first-order valence-electron chi connectivity index (χ1n) is 8.36. The molecule has 0 amide bonds. The van der Waals surface area contributed by atoms with Crippen LogP contribution in [0, 0.1) is 6.92 Å². The molecule has 0 unspecified atom stereocenters. The van der Waals surface area contributed by atoms with Crippen LogP contribution in [0.25, 0.3) is 6.08 Å². The van der Waals surface area contributed by atoms with E-state index in [1.165, 1.54) is 6.08 Å². The molecule has 1 aliphatic carbocycles. The van der Waals surface area contributed by atoms with Crippen LogP contribution in [0.4, 0.5) is 13.2 Å². The lowest BCUT2D eigenvalue weighted by molar-refractivity contribution is -0.137. The van der Waals surface area contributed by atoms with E-state index in [-0.39, 0.29) is 30.0 Å². The molecule has 0 aliphatic heterocycles. The Morgan fingerprint density at radius 1 is 1.00 bits per heavy atom. The summed E-state index contributed by atoms with van der Waals surface area (Å²) in [6.45, 7) is 1.57. The van der Waals surface area contributed by atoms with E-state index in [1.54, 1.807) is 37.3 Å². The van der Waals surface area contributed by atoms with Crippen molar-refractivity contribution in [3.63, 3.8) is 0 Å². The molecule has 2 aromatic carbocycles. The molecule has 1 saturated carbocycles. The second-order valence-electron chi connectivity index (χ2n) is 6.69. The second kappa shape index (κ2) is 7.31. The Bertz CT molecular complexity index is 907. The number of aryl methyl sites for hydroxylation is 1. The predicted molar refractivity (Wildman–Crippen MR) is 97.6 cm³/mol. The first-order valence-corrected chi connectivity index (χ1v) is 8.74. The number of carbonyl (C=O) groups is 2. The van der Waals surface area contributed by atoms with Crippen LogP contribution in [0.3, 0.4) is 0 Å². The van der Waals surface area contributed by atoms with Gasteiger partial charge >= 0.3 is 6.18 Å². The van der Waals surface area contributed by atoms with E-state index in [0.29, 0.717) is 21.7 Å². The summed E-state index contributed by atoms with van der Waals surface area (Å²) >= 11 is 5.82. The third kappa shape index (κ3) is 4.48. The molecule has 0 spiro atoms. The van der Waals surface area contributed by atoms with E-state index < -0.39 is 17.7 Å². The van der Waals surface area contributed by atoms with Gasteiger partial charge in [0.25, 0.3) is 0 Å². The van der Waals surface area contributed by atoms with Crippen molar-refractivity contribution in [1.82, 2.24) is 0 Å². The topological polar surface area (TPSA) is 34.1 Å². The van der Waals surface area contributed by atoms with Gasteiger partial charge in [-0.25, -0.2) is 0 Å². The number of benzene rings is 2. The molecule has 140 valence electrons. The lowest BCUT2D eigenvalue weighted by atomic mass is 9.79. The van der Waals surface area contributed by atoms with Gasteiger partial charge in [0, 0.05) is 17.9 Å². The van der Waals surface area contributed by atoms with Crippen molar-refractivity contribution >= 4 is 29.2 Å². The fourth-order valence-electron chi connectivity index (χ4n) is 3.23. The summed E-state index contributed by atoms with van der Waals surface area (Å²) in [6, 6.07) is 10.4. The summed E-state index contributed by atoms with van der Waals surface area (Å²) in [5.74, 6) is -1.27. The van der Waals surface area contributed by atoms with Gasteiger partial charge in [0.05, 0.1) is 11.1 Å². The Hall–Kier alpha value is -2.40. The SMILES string of the molecule is Cc1cc(C2CC(=O)C(=Cc3ccc(Cl)cc3)C(=O)C2)cc(C(F)(F)F)c1. The van der Waals surface area contributed by atoms with Gasteiger partial charge in [0.1, 0.15) is 0 Å². The number of carbonyl (C=O) groups excluding carboxylic acids is 2. The minimum Gasteiger partial charge on any atom is -0.294 e. The van der Waals surface area contributed by atoms with E-state index >= 15 is 0 Å². The molecular weight excluding hydrogens is 377 g/mol. The van der Waals surface area contributed by atoms with Crippen LogP contribution >= 0.6 is 11.6 Å². The van der Waals surface area contributed by atoms with E-state index in [4.69, 9.17) is 11.6 Å². The van der Waals surface area contributed by atoms with Crippen molar-refractivity contribution in [3.8, 4) is 0 Å². The van der Waals surface area contributed by atoms with Crippen molar-refractivity contribution in [2.24, 2.45) is 0 Å². The second-order valence-corrected chi connectivity index (χ2v) is 7.13. The Morgan fingerprint density at radius 3 is 2.15 bits per heavy atom. The third-order valence-corrected chi connectivity index (χ3v) is 4.80. The average Bonchev–Trinajstić information content (AvgIpc) is 2.58. The van der Waals surface area contributed by atoms with Crippen molar-refractivity contribution < 1.29 is 22.8 Å². The molecule has 6 heteroatoms. The van der Waals surface area contributed by atoms with Crippen LogP contribution < -0.4 is 0 Å². The fraction of sp³-hybridized carbons (Fsp3) is 0.238. The van der Waals surface area contributed by atoms with Crippen LogP contribution in [-0.4, -0.2) is 11.6 Å². The highest BCUT2D eigenvalue weighted by atomic mass is 35.5. The Morgan fingerprint density at radius 2 is 1.59 bits per heavy atom. The maximum absolute atomic E-state index is 13.0. The molecule has 0 bridgehead atoms. The lowest BCUT2D eigenvalue weighted by Crippen LogP contribution is -2.25. The van der Waals surface area contributed by atoms with E-state index in [9.17, 15) is 22.8 Å². The summed E-state index contributed by atoms with van der Waals surface area (Å²) in [7, 11) is 0. The van der Waals surface area contributed by atoms with Crippen LogP contribution in [0.5, 0.6) is 0 Å². The molecule has 0 heterocycles. The number of allylic oxidation sites excluding steroid dienone is 1. The molecule has 0 saturated heterocycles. The molecule has 0 atom stereocenters. The zero-order chi connectivity index (χ0) is 19.8. The standard InChI is InChI=1S/C21H16ClF3O2/c1-12-6-14(9-16(7-12)21(23,24)25)15-10-19(26)18(20(27)11-15)8-13-2-4-17(22)5-3-13/h2-9,15H,10-11H2,1H3. The van der Waals surface area contributed by atoms with Crippen LogP contribution in [0.1, 0.15) is 41.0 Å². The summed E-state index contributed by atoms with van der Waals surface area (Å²) in [6.07, 6.45) is -2.95. The van der Waals surface area contributed by atoms with Crippen molar-refractivity contribution in [2.45, 2.75) is 31.9 Å². The summed E-state index contributed by atoms with van der Waals surface area (Å²) < 4.78 is 39.1. The Labute approximate surface area is 159 Å².